The molecule has 0 heterocycles. The third-order valence-electron chi connectivity index (χ3n) is 1.64. The van der Waals surface area contributed by atoms with Crippen LogP contribution in [0.1, 0.15) is 6.92 Å². The Hall–Kier alpha value is 0.140. The zero-order valence-corrected chi connectivity index (χ0v) is 11.4. The number of rotatable bonds is 4. The Balaban J connectivity index is 2.72. The van der Waals surface area contributed by atoms with Gasteiger partial charge in [0.2, 0.25) is 6.29 Å². The molecule has 1 atom stereocenters. The molecule has 0 bridgehead atoms. The van der Waals surface area contributed by atoms with Gasteiger partial charge >= 0.3 is 0 Å². The first-order valence-corrected chi connectivity index (χ1v) is 6.05. The lowest BCUT2D eigenvalue weighted by Crippen LogP contribution is -2.34. The fourth-order valence-corrected chi connectivity index (χ4v) is 1.43. The fourth-order valence-electron chi connectivity index (χ4n) is 0.983. The number of benzene rings is 1. The van der Waals surface area contributed by atoms with Crippen molar-refractivity contribution in [3.63, 3.8) is 0 Å². The van der Waals surface area contributed by atoms with Gasteiger partial charge in [-0.15, -0.1) is 0 Å². The molecular formula is C10H10Cl4O2. The molecule has 0 unspecified atom stereocenters. The van der Waals surface area contributed by atoms with Crippen molar-refractivity contribution in [3.8, 4) is 5.75 Å². The highest BCUT2D eigenvalue weighted by molar-refractivity contribution is 6.67. The van der Waals surface area contributed by atoms with E-state index in [0.29, 0.717) is 17.4 Å². The van der Waals surface area contributed by atoms with Gasteiger partial charge in [0.15, 0.2) is 0 Å². The summed E-state index contributed by atoms with van der Waals surface area (Å²) in [5.74, 6) is 0.522. The Morgan fingerprint density at radius 2 is 1.75 bits per heavy atom. The molecule has 0 saturated carbocycles. The molecule has 0 fully saturated rings. The van der Waals surface area contributed by atoms with Crippen LogP contribution in [-0.4, -0.2) is 16.7 Å². The van der Waals surface area contributed by atoms with Crippen molar-refractivity contribution >= 4 is 46.4 Å². The normalized spacial score (nSPS) is 13.6. The van der Waals surface area contributed by atoms with E-state index in [-0.39, 0.29) is 0 Å². The molecular weight excluding hydrogens is 294 g/mol. The van der Waals surface area contributed by atoms with E-state index in [9.17, 15) is 0 Å². The molecule has 0 aliphatic carbocycles. The summed E-state index contributed by atoms with van der Waals surface area (Å²) in [4.78, 5) is 0. The number of ether oxygens (including phenoxy) is 2. The van der Waals surface area contributed by atoms with Crippen molar-refractivity contribution in [2.45, 2.75) is 17.0 Å². The van der Waals surface area contributed by atoms with Crippen molar-refractivity contribution < 1.29 is 9.47 Å². The molecule has 90 valence electrons. The van der Waals surface area contributed by atoms with Crippen LogP contribution in [0.5, 0.6) is 5.75 Å². The van der Waals surface area contributed by atoms with Gasteiger partial charge in [-0.2, -0.15) is 0 Å². The lowest BCUT2D eigenvalue weighted by molar-refractivity contribution is -0.0718. The van der Waals surface area contributed by atoms with E-state index in [4.69, 9.17) is 55.9 Å². The Kier molecular flexibility index (Phi) is 5.48. The minimum Gasteiger partial charge on any atom is -0.460 e. The van der Waals surface area contributed by atoms with Gasteiger partial charge in [-0.3, -0.25) is 0 Å². The van der Waals surface area contributed by atoms with E-state index in [2.05, 4.69) is 0 Å². The minimum atomic E-state index is -1.64. The van der Waals surface area contributed by atoms with Crippen LogP contribution < -0.4 is 4.74 Å². The molecule has 6 heteroatoms. The Morgan fingerprint density at radius 3 is 2.19 bits per heavy atom. The topological polar surface area (TPSA) is 18.5 Å². The zero-order valence-electron chi connectivity index (χ0n) is 8.42. The van der Waals surface area contributed by atoms with Crippen molar-refractivity contribution in [1.29, 1.82) is 0 Å². The number of halogens is 4. The summed E-state index contributed by atoms with van der Waals surface area (Å²) in [6, 6.07) is 6.70. The maximum absolute atomic E-state index is 5.73. The molecule has 0 aliphatic heterocycles. The van der Waals surface area contributed by atoms with Gasteiger partial charge in [-0.1, -0.05) is 46.4 Å². The van der Waals surface area contributed by atoms with Crippen LogP contribution in [0.15, 0.2) is 24.3 Å². The van der Waals surface area contributed by atoms with E-state index in [1.807, 2.05) is 0 Å². The molecule has 0 aromatic heterocycles. The minimum absolute atomic E-state index is 0.381. The Labute approximate surface area is 114 Å². The summed E-state index contributed by atoms with van der Waals surface area (Å²) < 4.78 is 8.94. The molecule has 0 N–H and O–H groups in total. The lowest BCUT2D eigenvalue weighted by atomic mass is 10.3. The second kappa shape index (κ2) is 6.18. The highest BCUT2D eigenvalue weighted by Gasteiger charge is 2.35. The molecule has 1 aromatic rings. The second-order valence-corrected chi connectivity index (χ2v) is 5.71. The molecule has 0 spiro atoms. The number of alkyl halides is 3. The molecule has 1 rings (SSSR count). The van der Waals surface area contributed by atoms with Crippen molar-refractivity contribution in [1.82, 2.24) is 0 Å². The summed E-state index contributed by atoms with van der Waals surface area (Å²) in [7, 11) is 0. The predicted octanol–water partition coefficient (Wildman–Crippen LogP) is 4.45. The highest BCUT2D eigenvalue weighted by atomic mass is 35.6. The standard InChI is InChI=1S/C10H10Cl4O2/c1-2-15-9(10(12,13)14)16-8-5-3-7(11)4-6-8/h3-6,9H,2H2,1H3/t9-/m0/s1. The first-order chi connectivity index (χ1) is 7.43. The van der Waals surface area contributed by atoms with E-state index in [1.54, 1.807) is 31.2 Å². The smallest absolute Gasteiger partial charge is 0.252 e. The molecule has 0 aliphatic rings. The Bertz CT molecular complexity index is 321. The van der Waals surface area contributed by atoms with E-state index in [1.165, 1.54) is 0 Å². The van der Waals surface area contributed by atoms with E-state index >= 15 is 0 Å². The first kappa shape index (κ1) is 14.2. The maximum atomic E-state index is 5.73. The number of hydrogen-bond acceptors (Lipinski definition) is 2. The predicted molar refractivity (Wildman–Crippen MR) is 67.8 cm³/mol. The summed E-state index contributed by atoms with van der Waals surface area (Å²) in [6.07, 6.45) is -0.955. The van der Waals surface area contributed by atoms with Gasteiger partial charge in [0.05, 0.1) is 0 Å². The third kappa shape index (κ3) is 4.56. The van der Waals surface area contributed by atoms with Crippen molar-refractivity contribution in [3.05, 3.63) is 29.3 Å². The molecule has 16 heavy (non-hydrogen) atoms. The average molecular weight is 304 g/mol. The van der Waals surface area contributed by atoms with Gasteiger partial charge in [0.1, 0.15) is 5.75 Å². The van der Waals surface area contributed by atoms with Crippen LogP contribution in [0.2, 0.25) is 5.02 Å². The maximum Gasteiger partial charge on any atom is 0.252 e. The summed E-state index contributed by atoms with van der Waals surface area (Å²) >= 11 is 22.9. The largest absolute Gasteiger partial charge is 0.460 e. The van der Waals surface area contributed by atoms with Gasteiger partial charge in [0.25, 0.3) is 3.79 Å². The van der Waals surface area contributed by atoms with Gasteiger partial charge in [-0.05, 0) is 31.2 Å². The molecule has 0 saturated heterocycles. The second-order valence-electron chi connectivity index (χ2n) is 2.90. The quantitative estimate of drug-likeness (QED) is 0.604. The van der Waals surface area contributed by atoms with Crippen molar-refractivity contribution in [2.75, 3.05) is 6.61 Å². The van der Waals surface area contributed by atoms with Gasteiger partial charge in [-0.25, -0.2) is 0 Å². The first-order valence-electron chi connectivity index (χ1n) is 4.54. The van der Waals surface area contributed by atoms with Crippen LogP contribution in [0.3, 0.4) is 0 Å². The molecule has 1 aromatic carbocycles. The molecule has 2 nitrogen and oxygen atoms in total. The molecule has 0 radical (unpaired) electrons. The van der Waals surface area contributed by atoms with Crippen LogP contribution >= 0.6 is 46.4 Å². The van der Waals surface area contributed by atoms with Crippen LogP contribution in [0.4, 0.5) is 0 Å². The van der Waals surface area contributed by atoms with Gasteiger partial charge < -0.3 is 9.47 Å². The van der Waals surface area contributed by atoms with E-state index < -0.39 is 10.1 Å². The van der Waals surface area contributed by atoms with Crippen LogP contribution in [-0.2, 0) is 4.74 Å². The third-order valence-corrected chi connectivity index (χ3v) is 2.43. The zero-order chi connectivity index (χ0) is 12.2. The number of hydrogen-bond donors (Lipinski definition) is 0. The Morgan fingerprint density at radius 1 is 1.19 bits per heavy atom. The summed E-state index contributed by atoms with van der Waals surface area (Å²) in [5.41, 5.74) is 0. The summed E-state index contributed by atoms with van der Waals surface area (Å²) in [6.45, 7) is 2.17. The van der Waals surface area contributed by atoms with Gasteiger partial charge in [0, 0.05) is 11.6 Å². The van der Waals surface area contributed by atoms with E-state index in [0.717, 1.165) is 0 Å². The SMILES string of the molecule is CCO[C@@H](Oc1ccc(Cl)cc1)C(Cl)(Cl)Cl. The van der Waals surface area contributed by atoms with Crippen molar-refractivity contribution in [2.24, 2.45) is 0 Å². The average Bonchev–Trinajstić information content (AvgIpc) is 2.19. The van der Waals surface area contributed by atoms with Crippen LogP contribution in [0, 0.1) is 0 Å². The molecule has 0 amide bonds. The lowest BCUT2D eigenvalue weighted by Gasteiger charge is -2.24. The fraction of sp³-hybridized carbons (Fsp3) is 0.400. The highest BCUT2D eigenvalue weighted by Crippen LogP contribution is 2.33. The monoisotopic (exact) mass is 302 g/mol. The summed E-state index contributed by atoms with van der Waals surface area (Å²) in [5, 5.41) is 0.606. The van der Waals surface area contributed by atoms with Crippen LogP contribution in [0.25, 0.3) is 0 Å².